The van der Waals surface area contributed by atoms with Crippen LogP contribution in [0.1, 0.15) is 37.0 Å². The first-order valence-electron chi connectivity index (χ1n) is 7.33. The van der Waals surface area contributed by atoms with E-state index >= 15 is 0 Å². The number of carboxylic acids is 1. The summed E-state index contributed by atoms with van der Waals surface area (Å²) >= 11 is 0. The molecule has 1 fully saturated rings. The zero-order valence-corrected chi connectivity index (χ0v) is 12.6. The van der Waals surface area contributed by atoms with Crippen LogP contribution in [0.2, 0.25) is 0 Å². The molecule has 118 valence electrons. The number of hydrogen-bond donors (Lipinski definition) is 3. The van der Waals surface area contributed by atoms with Crippen LogP contribution in [-0.4, -0.2) is 28.9 Å². The Morgan fingerprint density at radius 3 is 2.18 bits per heavy atom. The lowest BCUT2D eigenvalue weighted by Gasteiger charge is -2.18. The van der Waals surface area contributed by atoms with Gasteiger partial charge in [-0.25, -0.2) is 4.79 Å². The fourth-order valence-electron chi connectivity index (χ4n) is 2.03. The van der Waals surface area contributed by atoms with Crippen molar-refractivity contribution in [3.05, 3.63) is 29.8 Å². The zero-order chi connectivity index (χ0) is 16.3. The highest BCUT2D eigenvalue weighted by Crippen LogP contribution is 2.30. The van der Waals surface area contributed by atoms with Gasteiger partial charge in [0.2, 0.25) is 5.91 Å². The largest absolute Gasteiger partial charge is 0.480 e. The molecule has 1 aliphatic rings. The lowest BCUT2D eigenvalue weighted by Crippen LogP contribution is -2.44. The topological polar surface area (TPSA) is 95.5 Å². The molecule has 3 N–H and O–H groups in total. The molecule has 6 heteroatoms. The normalized spacial score (nSPS) is 15.2. The summed E-state index contributed by atoms with van der Waals surface area (Å²) in [6.45, 7) is 3.46. The van der Waals surface area contributed by atoms with Crippen molar-refractivity contribution in [3.63, 3.8) is 0 Å². The molecule has 0 spiro atoms. The summed E-state index contributed by atoms with van der Waals surface area (Å²) in [7, 11) is 0. The van der Waals surface area contributed by atoms with E-state index in [1.54, 1.807) is 38.1 Å². The first-order valence-corrected chi connectivity index (χ1v) is 7.33. The van der Waals surface area contributed by atoms with Gasteiger partial charge < -0.3 is 15.7 Å². The molecule has 6 nitrogen and oxygen atoms in total. The molecule has 1 atom stereocenters. The smallest absolute Gasteiger partial charge is 0.326 e. The van der Waals surface area contributed by atoms with E-state index in [9.17, 15) is 14.4 Å². The van der Waals surface area contributed by atoms with Crippen molar-refractivity contribution in [2.45, 2.75) is 32.7 Å². The van der Waals surface area contributed by atoms with E-state index in [1.807, 2.05) is 0 Å². The monoisotopic (exact) mass is 304 g/mol. The Kier molecular flexibility index (Phi) is 4.80. The van der Waals surface area contributed by atoms with Crippen molar-refractivity contribution in [2.75, 3.05) is 5.32 Å². The number of aliphatic carboxylic acids is 1. The standard InChI is InChI=1S/C16H20N2O4/c1-9(2)13(16(21)22)18-15(20)11-5-7-12(8-6-11)17-14(19)10-3-4-10/h5-10,13H,3-4H2,1-2H3,(H,17,19)(H,18,20)(H,21,22)/t13-/m1/s1. The van der Waals surface area contributed by atoms with Crippen LogP contribution >= 0.6 is 0 Å². The highest BCUT2D eigenvalue weighted by atomic mass is 16.4. The van der Waals surface area contributed by atoms with Gasteiger partial charge in [0, 0.05) is 17.2 Å². The molecule has 2 rings (SSSR count). The van der Waals surface area contributed by atoms with Gasteiger partial charge in [-0.1, -0.05) is 13.8 Å². The summed E-state index contributed by atoms with van der Waals surface area (Å²) in [6.07, 6.45) is 1.86. The third kappa shape index (κ3) is 4.07. The Morgan fingerprint density at radius 2 is 1.73 bits per heavy atom. The molecule has 1 saturated carbocycles. The number of nitrogens with one attached hydrogen (secondary N) is 2. The van der Waals surface area contributed by atoms with E-state index in [-0.39, 0.29) is 17.7 Å². The van der Waals surface area contributed by atoms with Gasteiger partial charge in [-0.15, -0.1) is 0 Å². The first-order chi connectivity index (χ1) is 10.4. The minimum absolute atomic E-state index is 0.00273. The maximum Gasteiger partial charge on any atom is 0.326 e. The Labute approximate surface area is 128 Å². The average molecular weight is 304 g/mol. The number of carbonyl (C=O) groups is 3. The van der Waals surface area contributed by atoms with E-state index < -0.39 is 17.9 Å². The third-order valence-electron chi connectivity index (χ3n) is 3.58. The number of carboxylic acid groups (broad SMARTS) is 1. The van der Waals surface area contributed by atoms with Gasteiger partial charge in [0.05, 0.1) is 0 Å². The van der Waals surface area contributed by atoms with Gasteiger partial charge in [0.15, 0.2) is 0 Å². The molecule has 22 heavy (non-hydrogen) atoms. The number of amides is 2. The highest BCUT2D eigenvalue weighted by Gasteiger charge is 2.29. The Morgan fingerprint density at radius 1 is 1.14 bits per heavy atom. The van der Waals surface area contributed by atoms with E-state index in [4.69, 9.17) is 5.11 Å². The molecule has 0 unspecified atom stereocenters. The molecule has 1 aromatic rings. The van der Waals surface area contributed by atoms with E-state index in [0.717, 1.165) is 12.8 Å². The second-order valence-electron chi connectivity index (χ2n) is 5.87. The van der Waals surface area contributed by atoms with Gasteiger partial charge in [-0.3, -0.25) is 9.59 Å². The molecule has 0 aliphatic heterocycles. The third-order valence-corrected chi connectivity index (χ3v) is 3.58. The Bertz CT molecular complexity index is 576. The van der Waals surface area contributed by atoms with Crippen molar-refractivity contribution in [2.24, 2.45) is 11.8 Å². The number of anilines is 1. The van der Waals surface area contributed by atoms with Crippen molar-refractivity contribution in [3.8, 4) is 0 Å². The van der Waals surface area contributed by atoms with Crippen LogP contribution in [0.4, 0.5) is 5.69 Å². The SMILES string of the molecule is CC(C)[C@@H](NC(=O)c1ccc(NC(=O)C2CC2)cc1)C(=O)O. The maximum atomic E-state index is 12.1. The first kappa shape index (κ1) is 16.0. The van der Waals surface area contributed by atoms with Crippen LogP contribution in [-0.2, 0) is 9.59 Å². The second kappa shape index (κ2) is 6.60. The average Bonchev–Trinajstić information content (AvgIpc) is 3.29. The quantitative estimate of drug-likeness (QED) is 0.747. The van der Waals surface area contributed by atoms with Crippen molar-refractivity contribution in [1.82, 2.24) is 5.32 Å². The Hall–Kier alpha value is -2.37. The van der Waals surface area contributed by atoms with Gasteiger partial charge in [0.1, 0.15) is 6.04 Å². The number of rotatable bonds is 6. The molecule has 2 amide bonds. The van der Waals surface area contributed by atoms with E-state index in [0.29, 0.717) is 11.3 Å². The summed E-state index contributed by atoms with van der Waals surface area (Å²) in [6, 6.07) is 5.48. The van der Waals surface area contributed by atoms with Crippen LogP contribution in [0.5, 0.6) is 0 Å². The van der Waals surface area contributed by atoms with E-state index in [1.165, 1.54) is 0 Å². The molecule has 0 heterocycles. The summed E-state index contributed by atoms with van der Waals surface area (Å²) in [5.74, 6) is -1.59. The molecule has 0 saturated heterocycles. The zero-order valence-electron chi connectivity index (χ0n) is 12.6. The summed E-state index contributed by atoms with van der Waals surface area (Å²) in [4.78, 5) is 34.8. The molecular weight excluding hydrogens is 284 g/mol. The predicted octanol–water partition coefficient (Wildman–Crippen LogP) is 1.87. The molecule has 0 bridgehead atoms. The molecule has 1 aliphatic carbocycles. The van der Waals surface area contributed by atoms with Crippen molar-refractivity contribution < 1.29 is 19.5 Å². The fourth-order valence-corrected chi connectivity index (χ4v) is 2.03. The van der Waals surface area contributed by atoms with Gasteiger partial charge in [-0.2, -0.15) is 0 Å². The molecule has 1 aromatic carbocycles. The minimum Gasteiger partial charge on any atom is -0.480 e. The summed E-state index contributed by atoms with van der Waals surface area (Å²) in [5, 5.41) is 14.4. The van der Waals surface area contributed by atoms with Crippen LogP contribution in [0.3, 0.4) is 0 Å². The predicted molar refractivity (Wildman–Crippen MR) is 81.5 cm³/mol. The van der Waals surface area contributed by atoms with Crippen LogP contribution in [0.25, 0.3) is 0 Å². The van der Waals surface area contributed by atoms with Crippen LogP contribution in [0.15, 0.2) is 24.3 Å². The van der Waals surface area contributed by atoms with Crippen molar-refractivity contribution >= 4 is 23.5 Å². The van der Waals surface area contributed by atoms with Gasteiger partial charge in [-0.05, 0) is 43.0 Å². The number of benzene rings is 1. The second-order valence-corrected chi connectivity index (χ2v) is 5.87. The van der Waals surface area contributed by atoms with Crippen molar-refractivity contribution in [1.29, 1.82) is 0 Å². The van der Waals surface area contributed by atoms with Gasteiger partial charge >= 0.3 is 5.97 Å². The lowest BCUT2D eigenvalue weighted by molar-refractivity contribution is -0.140. The lowest BCUT2D eigenvalue weighted by atomic mass is 10.0. The van der Waals surface area contributed by atoms with Gasteiger partial charge in [0.25, 0.3) is 5.91 Å². The Balaban J connectivity index is 1.98. The summed E-state index contributed by atoms with van der Waals surface area (Å²) < 4.78 is 0. The summed E-state index contributed by atoms with van der Waals surface area (Å²) in [5.41, 5.74) is 0.989. The van der Waals surface area contributed by atoms with E-state index in [2.05, 4.69) is 10.6 Å². The van der Waals surface area contributed by atoms with Crippen LogP contribution < -0.4 is 10.6 Å². The molecule has 0 aromatic heterocycles. The fraction of sp³-hybridized carbons (Fsp3) is 0.438. The van der Waals surface area contributed by atoms with Crippen LogP contribution in [0, 0.1) is 11.8 Å². The maximum absolute atomic E-state index is 12.1. The number of carbonyl (C=O) groups excluding carboxylic acids is 2. The molecular formula is C16H20N2O4. The number of hydrogen-bond acceptors (Lipinski definition) is 3. The highest BCUT2D eigenvalue weighted by molar-refractivity contribution is 5.98. The minimum atomic E-state index is -1.06. The molecule has 0 radical (unpaired) electrons.